The van der Waals surface area contributed by atoms with Crippen LogP contribution in [0.4, 0.5) is 0 Å². The quantitative estimate of drug-likeness (QED) is 0.383. The second kappa shape index (κ2) is 7.83. The molecule has 0 saturated heterocycles. The number of hydrogen-bond acceptors (Lipinski definition) is 3. The van der Waals surface area contributed by atoms with Crippen molar-refractivity contribution < 1.29 is 4.89 Å². The van der Waals surface area contributed by atoms with E-state index in [9.17, 15) is 4.91 Å². The monoisotopic (exact) mass is 175 g/mol. The Hall–Kier alpha value is -0.270. The van der Waals surface area contributed by atoms with Crippen LogP contribution in [0.1, 0.15) is 26.2 Å². The van der Waals surface area contributed by atoms with E-state index in [1.54, 1.807) is 0 Å². The highest BCUT2D eigenvalue weighted by Crippen LogP contribution is 2.31. The third-order valence-corrected chi connectivity index (χ3v) is 2.06. The fraction of sp³-hybridized carbons (Fsp3) is 0.714. The van der Waals surface area contributed by atoms with Gasteiger partial charge in [-0.25, -0.2) is 0 Å². The van der Waals surface area contributed by atoms with Crippen LogP contribution in [0, 0.1) is 4.91 Å². The van der Waals surface area contributed by atoms with E-state index in [0.29, 0.717) is 6.16 Å². The molecule has 64 valence electrons. The van der Waals surface area contributed by atoms with Crippen molar-refractivity contribution in [1.82, 2.24) is 0 Å². The molecule has 11 heavy (non-hydrogen) atoms. The summed E-state index contributed by atoms with van der Waals surface area (Å²) in [4.78, 5) is 21.0. The lowest BCUT2D eigenvalue weighted by atomic mass is 10.3. The second-order valence-electron chi connectivity index (χ2n) is 2.23. The van der Waals surface area contributed by atoms with Gasteiger partial charge in [-0.1, -0.05) is 25.5 Å². The van der Waals surface area contributed by atoms with E-state index in [-0.39, 0.29) is 0 Å². The van der Waals surface area contributed by atoms with Crippen molar-refractivity contribution in [2.45, 2.75) is 26.2 Å². The number of hydrogen-bond donors (Lipinski definition) is 1. The molecule has 0 amide bonds. The van der Waals surface area contributed by atoms with E-state index in [1.165, 1.54) is 0 Å². The van der Waals surface area contributed by atoms with Crippen LogP contribution in [-0.2, 0) is 0 Å². The molecule has 3 nitrogen and oxygen atoms in total. The number of unbranched alkanes of at least 4 members (excludes halogenated alkanes) is 1. The molecule has 1 N–H and O–H groups in total. The summed E-state index contributed by atoms with van der Waals surface area (Å²) >= 11 is 0. The largest absolute Gasteiger partial charge is 0.351 e. The first kappa shape index (κ1) is 10.7. The van der Waals surface area contributed by atoms with Gasteiger partial charge >= 0.3 is 0 Å². The lowest BCUT2D eigenvalue weighted by molar-refractivity contribution is 0.624. The van der Waals surface area contributed by atoms with Gasteiger partial charge in [-0.2, -0.15) is 0 Å². The lowest BCUT2D eigenvalue weighted by Crippen LogP contribution is -1.76. The van der Waals surface area contributed by atoms with Gasteiger partial charge < -0.3 is 4.89 Å². The predicted octanol–water partition coefficient (Wildman–Crippen LogP) is 2.80. The average molecular weight is 175 g/mol. The fourth-order valence-corrected chi connectivity index (χ4v) is 1.09. The van der Waals surface area contributed by atoms with Crippen molar-refractivity contribution >= 4 is 8.30 Å². The summed E-state index contributed by atoms with van der Waals surface area (Å²) in [7, 11) is -1.58. The molecule has 1 unspecified atom stereocenters. The lowest BCUT2D eigenvalue weighted by Gasteiger charge is -1.94. The molecule has 0 saturated carbocycles. The van der Waals surface area contributed by atoms with E-state index >= 15 is 0 Å². The third kappa shape index (κ3) is 7.63. The minimum atomic E-state index is -1.58. The molecule has 1 atom stereocenters. The van der Waals surface area contributed by atoms with Gasteiger partial charge in [0.25, 0.3) is 0 Å². The van der Waals surface area contributed by atoms with Crippen LogP contribution >= 0.6 is 8.30 Å². The van der Waals surface area contributed by atoms with Crippen molar-refractivity contribution in [2.75, 3.05) is 6.16 Å². The average Bonchev–Trinajstić information content (AvgIpc) is 2.04. The Kier molecular flexibility index (Phi) is 7.64. The molecule has 4 heteroatoms. The summed E-state index contributed by atoms with van der Waals surface area (Å²) in [6.45, 7) is 2.11. The first-order valence-electron chi connectivity index (χ1n) is 3.76. The van der Waals surface area contributed by atoms with Crippen molar-refractivity contribution in [3.8, 4) is 0 Å². The topological polar surface area (TPSA) is 49.7 Å². The van der Waals surface area contributed by atoms with E-state index in [0.717, 1.165) is 19.3 Å². The Morgan fingerprint density at radius 2 is 2.09 bits per heavy atom. The predicted molar refractivity (Wildman–Crippen MR) is 48.5 cm³/mol. The fourth-order valence-electron chi connectivity index (χ4n) is 0.633. The molecule has 0 aromatic carbocycles. The summed E-state index contributed by atoms with van der Waals surface area (Å²) in [5, 5.41) is 0. The summed E-state index contributed by atoms with van der Waals surface area (Å²) in [5.74, 6) is 0. The third-order valence-electron chi connectivity index (χ3n) is 1.21. The van der Waals surface area contributed by atoms with Crippen LogP contribution in [0.5, 0.6) is 0 Å². The minimum Gasteiger partial charge on any atom is -0.351 e. The smallest absolute Gasteiger partial charge is 0.198 e. The van der Waals surface area contributed by atoms with Crippen LogP contribution < -0.4 is 0 Å². The number of nitrogens with zero attached hydrogens (tertiary/aromatic N) is 1. The molecule has 0 spiro atoms. The van der Waals surface area contributed by atoms with Gasteiger partial charge in [0.1, 0.15) is 0 Å². The van der Waals surface area contributed by atoms with Gasteiger partial charge in [0.15, 0.2) is 8.30 Å². The Morgan fingerprint density at radius 1 is 1.45 bits per heavy atom. The Labute approximate surface area is 68.4 Å². The molecule has 0 aromatic rings. The van der Waals surface area contributed by atoms with E-state index < -0.39 is 8.30 Å². The van der Waals surface area contributed by atoms with Crippen LogP contribution in [0.2, 0.25) is 0 Å². The second-order valence-corrected chi connectivity index (χ2v) is 3.58. The molecule has 0 aliphatic rings. The van der Waals surface area contributed by atoms with Crippen LogP contribution in [-0.4, -0.2) is 11.1 Å². The highest BCUT2D eigenvalue weighted by Gasteiger charge is 1.99. The zero-order valence-corrected chi connectivity index (χ0v) is 7.63. The Morgan fingerprint density at radius 3 is 2.64 bits per heavy atom. The molecule has 0 radical (unpaired) electrons. The first-order valence-corrected chi connectivity index (χ1v) is 5.19. The highest BCUT2D eigenvalue weighted by atomic mass is 31.2. The molecule has 0 rings (SSSR count). The number of rotatable bonds is 6. The van der Waals surface area contributed by atoms with Crippen LogP contribution in [0.3, 0.4) is 0 Å². The van der Waals surface area contributed by atoms with Gasteiger partial charge in [-0.3, -0.25) is 0 Å². The highest BCUT2D eigenvalue weighted by molar-refractivity contribution is 7.49. The van der Waals surface area contributed by atoms with Gasteiger partial charge in [-0.15, -0.1) is 4.91 Å². The van der Waals surface area contributed by atoms with Crippen molar-refractivity contribution in [1.29, 1.82) is 0 Å². The minimum absolute atomic E-state index is 0.499. The normalized spacial score (nSPS) is 13.6. The molecular weight excluding hydrogens is 161 g/mol. The maximum atomic E-state index is 9.73. The molecule has 0 fully saturated rings. The molecular formula is C7H14NO2P. The van der Waals surface area contributed by atoms with E-state index in [2.05, 4.69) is 17.9 Å². The van der Waals surface area contributed by atoms with E-state index in [1.807, 2.05) is 6.08 Å². The molecule has 0 aliphatic heterocycles. The Bertz CT molecular complexity index is 128. The summed E-state index contributed by atoms with van der Waals surface area (Å²) in [5.41, 5.74) is 0. The summed E-state index contributed by atoms with van der Waals surface area (Å²) in [6, 6.07) is 0. The first-order chi connectivity index (χ1) is 5.31. The molecule has 0 heterocycles. The van der Waals surface area contributed by atoms with Crippen molar-refractivity contribution in [2.24, 2.45) is 4.95 Å². The molecule has 0 aromatic heterocycles. The van der Waals surface area contributed by atoms with Gasteiger partial charge in [-0.05, 0) is 17.8 Å². The SMILES string of the molecule is CCC/C=C/CCP(O)N=O. The maximum absolute atomic E-state index is 9.73. The van der Waals surface area contributed by atoms with Crippen LogP contribution in [0.15, 0.2) is 17.1 Å². The number of nitroso groups, excluding NO2 is 1. The van der Waals surface area contributed by atoms with Crippen molar-refractivity contribution in [3.63, 3.8) is 0 Å². The zero-order chi connectivity index (χ0) is 8.53. The summed E-state index contributed by atoms with van der Waals surface area (Å²) in [6.07, 6.45) is 7.51. The van der Waals surface area contributed by atoms with Gasteiger partial charge in [0, 0.05) is 6.16 Å². The zero-order valence-electron chi connectivity index (χ0n) is 6.73. The van der Waals surface area contributed by atoms with E-state index in [4.69, 9.17) is 4.89 Å². The van der Waals surface area contributed by atoms with Crippen LogP contribution in [0.25, 0.3) is 0 Å². The van der Waals surface area contributed by atoms with Crippen molar-refractivity contribution in [3.05, 3.63) is 17.1 Å². The molecule has 0 aliphatic carbocycles. The maximum Gasteiger partial charge on any atom is 0.198 e. The molecule has 0 bridgehead atoms. The standard InChI is InChI=1S/C7H14NO2P/c1-2-3-4-5-6-7-11(10)8-9/h4-5,10H,2-3,6-7H2,1H3/b5-4+. The number of allylic oxidation sites excluding steroid dienone is 2. The van der Waals surface area contributed by atoms with Gasteiger partial charge in [0.2, 0.25) is 0 Å². The Balaban J connectivity index is 3.18. The van der Waals surface area contributed by atoms with Gasteiger partial charge in [0.05, 0.1) is 0 Å². The summed E-state index contributed by atoms with van der Waals surface area (Å²) < 4.78 is 0.